The number of hydrogen-bond donors (Lipinski definition) is 5. The first-order valence-electron chi connectivity index (χ1n) is 17.1. The summed E-state index contributed by atoms with van der Waals surface area (Å²) in [6, 6.07) is 18.4. The molecule has 2 aliphatic rings. The molecule has 1 saturated heterocycles. The molecule has 6 atom stereocenters. The number of esters is 1. The highest BCUT2D eigenvalue weighted by Gasteiger charge is 2.40. The second kappa shape index (κ2) is 16.1. The molecule has 13 heteroatoms. The van der Waals surface area contributed by atoms with Crippen molar-refractivity contribution in [3.63, 3.8) is 0 Å². The predicted molar refractivity (Wildman–Crippen MR) is 190 cm³/mol. The zero-order valence-corrected chi connectivity index (χ0v) is 29.9. The van der Waals surface area contributed by atoms with Gasteiger partial charge >= 0.3 is 5.97 Å². The monoisotopic (exact) mass is 732 g/mol. The van der Waals surface area contributed by atoms with Crippen molar-refractivity contribution >= 4 is 5.97 Å². The molecule has 0 saturated carbocycles. The van der Waals surface area contributed by atoms with E-state index in [1.165, 1.54) is 45.6 Å². The molecule has 0 spiro atoms. The van der Waals surface area contributed by atoms with E-state index < -0.39 is 36.8 Å². The zero-order chi connectivity index (χ0) is 37.8. The van der Waals surface area contributed by atoms with Crippen molar-refractivity contribution in [1.82, 2.24) is 0 Å². The van der Waals surface area contributed by atoms with Crippen LogP contribution in [0.2, 0.25) is 0 Å². The SMILES string of the molecule is COc1cc(C(O)C(CO)Oc2ccc(CC3C(=O)OCC3Cc3cc(OC)c4c(c3)C(CO)C(c3ccc(O)c(OC)c3)O4)cc2OC)ccc1O. The van der Waals surface area contributed by atoms with Crippen LogP contribution in [0, 0.1) is 11.8 Å². The smallest absolute Gasteiger partial charge is 0.309 e. The first kappa shape index (κ1) is 37.4. The van der Waals surface area contributed by atoms with Crippen LogP contribution in [0.4, 0.5) is 0 Å². The first-order valence-corrected chi connectivity index (χ1v) is 17.1. The fourth-order valence-corrected chi connectivity index (χ4v) is 7.10. The molecule has 6 unspecified atom stereocenters. The Morgan fingerprint density at radius 2 is 1.42 bits per heavy atom. The van der Waals surface area contributed by atoms with Crippen LogP contribution in [0.5, 0.6) is 46.0 Å². The summed E-state index contributed by atoms with van der Waals surface area (Å²) in [5, 5.41) is 51.6. The number of hydrogen-bond acceptors (Lipinski definition) is 13. The Balaban J connectivity index is 1.19. The van der Waals surface area contributed by atoms with E-state index in [2.05, 4.69) is 0 Å². The van der Waals surface area contributed by atoms with Crippen LogP contribution in [0.3, 0.4) is 0 Å². The summed E-state index contributed by atoms with van der Waals surface area (Å²) in [7, 11) is 5.88. The Morgan fingerprint density at radius 3 is 2.09 bits per heavy atom. The molecule has 2 aliphatic heterocycles. The molecule has 13 nitrogen and oxygen atoms in total. The number of aliphatic hydroxyl groups is 3. The lowest BCUT2D eigenvalue weighted by Crippen LogP contribution is -2.29. The molecule has 0 bridgehead atoms. The number of benzene rings is 4. The molecule has 0 amide bonds. The second-order valence-electron chi connectivity index (χ2n) is 13.1. The summed E-state index contributed by atoms with van der Waals surface area (Å²) >= 11 is 0. The highest BCUT2D eigenvalue weighted by molar-refractivity contribution is 5.75. The van der Waals surface area contributed by atoms with Crippen LogP contribution in [-0.2, 0) is 22.4 Å². The van der Waals surface area contributed by atoms with Gasteiger partial charge in [0.25, 0.3) is 0 Å². The van der Waals surface area contributed by atoms with Gasteiger partial charge in [0.1, 0.15) is 12.2 Å². The Morgan fingerprint density at radius 1 is 0.736 bits per heavy atom. The van der Waals surface area contributed by atoms with E-state index in [1.807, 2.05) is 12.1 Å². The van der Waals surface area contributed by atoms with Gasteiger partial charge in [0.15, 0.2) is 52.1 Å². The number of carbonyl (C=O) groups excluding carboxylic acids is 1. The Hall–Kier alpha value is -5.37. The third-order valence-corrected chi connectivity index (χ3v) is 9.95. The second-order valence-corrected chi connectivity index (χ2v) is 13.1. The van der Waals surface area contributed by atoms with Crippen LogP contribution in [-0.4, -0.2) is 85.9 Å². The molecule has 2 heterocycles. The zero-order valence-electron chi connectivity index (χ0n) is 29.9. The van der Waals surface area contributed by atoms with E-state index in [0.29, 0.717) is 41.4 Å². The highest BCUT2D eigenvalue weighted by atomic mass is 16.5. The highest BCUT2D eigenvalue weighted by Crippen LogP contribution is 2.52. The maximum absolute atomic E-state index is 13.1. The number of aliphatic hydroxyl groups excluding tert-OH is 3. The normalized spacial score (nSPS) is 20.2. The van der Waals surface area contributed by atoms with Crippen molar-refractivity contribution in [2.24, 2.45) is 11.8 Å². The molecule has 0 aliphatic carbocycles. The molecule has 53 heavy (non-hydrogen) atoms. The lowest BCUT2D eigenvalue weighted by atomic mass is 9.83. The standard InChI is InChI=1S/C40H44O13/c1-47-32-16-23(6-8-29(32)43)37(45)36(19-42)52-31-10-5-21(14-34(31)49-3)12-26-25(20-51-40(26)46)11-22-13-27-28(18-41)38(53-39(27)35(15-22)50-4)24-7-9-30(44)33(17-24)48-2/h5-10,13-17,25-26,28,36-38,41-45H,11-12,18-20H2,1-4H3. The van der Waals surface area contributed by atoms with E-state index >= 15 is 0 Å². The van der Waals surface area contributed by atoms with Crippen LogP contribution in [0.15, 0.2) is 66.7 Å². The molecule has 0 aromatic heterocycles. The van der Waals surface area contributed by atoms with Gasteiger partial charge in [0.2, 0.25) is 0 Å². The van der Waals surface area contributed by atoms with E-state index in [-0.39, 0.29) is 48.1 Å². The van der Waals surface area contributed by atoms with E-state index in [1.54, 1.807) is 37.4 Å². The minimum Gasteiger partial charge on any atom is -0.504 e. The maximum Gasteiger partial charge on any atom is 0.309 e. The van der Waals surface area contributed by atoms with Crippen molar-refractivity contribution in [2.45, 2.75) is 37.1 Å². The molecular weight excluding hydrogens is 688 g/mol. The fraction of sp³-hybridized carbons (Fsp3) is 0.375. The molecule has 5 N–H and O–H groups in total. The number of methoxy groups -OCH3 is 4. The first-order chi connectivity index (χ1) is 25.6. The van der Waals surface area contributed by atoms with Gasteiger partial charge in [-0.1, -0.05) is 24.3 Å². The average molecular weight is 733 g/mol. The number of ether oxygens (including phenoxy) is 7. The number of phenols is 2. The number of rotatable bonds is 15. The molecule has 6 rings (SSSR count). The number of cyclic esters (lactones) is 1. The van der Waals surface area contributed by atoms with Gasteiger partial charge in [0, 0.05) is 11.5 Å². The van der Waals surface area contributed by atoms with Crippen LogP contribution < -0.4 is 28.4 Å². The quantitative estimate of drug-likeness (QED) is 0.109. The van der Waals surface area contributed by atoms with Gasteiger partial charge in [-0.25, -0.2) is 0 Å². The average Bonchev–Trinajstić information content (AvgIpc) is 3.72. The van der Waals surface area contributed by atoms with Gasteiger partial charge < -0.3 is 58.7 Å². The van der Waals surface area contributed by atoms with Gasteiger partial charge in [-0.15, -0.1) is 0 Å². The summed E-state index contributed by atoms with van der Waals surface area (Å²) < 4.78 is 39.7. The minimum atomic E-state index is -1.26. The third-order valence-electron chi connectivity index (χ3n) is 9.95. The summed E-state index contributed by atoms with van der Waals surface area (Å²) in [4.78, 5) is 13.1. The van der Waals surface area contributed by atoms with Crippen LogP contribution in [0.1, 0.15) is 45.9 Å². The topological polar surface area (TPSA) is 183 Å². The van der Waals surface area contributed by atoms with Gasteiger partial charge in [-0.2, -0.15) is 0 Å². The van der Waals surface area contributed by atoms with Gasteiger partial charge in [-0.05, 0) is 77.6 Å². The molecule has 0 radical (unpaired) electrons. The largest absolute Gasteiger partial charge is 0.504 e. The molecule has 4 aromatic carbocycles. The number of aromatic hydroxyl groups is 2. The number of phenolic OH excluding ortho intramolecular Hbond substituents is 2. The molecule has 282 valence electrons. The van der Waals surface area contributed by atoms with Crippen LogP contribution in [0.25, 0.3) is 0 Å². The molecule has 4 aromatic rings. The number of carbonyl (C=O) groups is 1. The van der Waals surface area contributed by atoms with Crippen molar-refractivity contribution < 1.29 is 63.5 Å². The van der Waals surface area contributed by atoms with E-state index in [4.69, 9.17) is 33.2 Å². The predicted octanol–water partition coefficient (Wildman–Crippen LogP) is 4.39. The summed E-state index contributed by atoms with van der Waals surface area (Å²) in [6.45, 7) is -0.489. The Bertz CT molecular complexity index is 1930. The van der Waals surface area contributed by atoms with E-state index in [9.17, 15) is 30.3 Å². The lowest BCUT2D eigenvalue weighted by molar-refractivity contribution is -0.141. The van der Waals surface area contributed by atoms with Gasteiger partial charge in [-0.3, -0.25) is 4.79 Å². The lowest BCUT2D eigenvalue weighted by Gasteiger charge is -2.24. The summed E-state index contributed by atoms with van der Waals surface area (Å²) in [5.41, 5.74) is 3.55. The summed E-state index contributed by atoms with van der Waals surface area (Å²) in [5.74, 6) is 0.649. The molecular formula is C40H44O13. The number of fused-ring (bicyclic) bond motifs is 1. The maximum atomic E-state index is 13.1. The Labute approximate surface area is 306 Å². The van der Waals surface area contributed by atoms with Crippen molar-refractivity contribution in [1.29, 1.82) is 0 Å². The summed E-state index contributed by atoms with van der Waals surface area (Å²) in [6.07, 6.45) is -2.03. The van der Waals surface area contributed by atoms with Crippen molar-refractivity contribution in [3.8, 4) is 46.0 Å². The van der Waals surface area contributed by atoms with Crippen LogP contribution >= 0.6 is 0 Å². The minimum absolute atomic E-state index is 0.00315. The van der Waals surface area contributed by atoms with Crippen molar-refractivity contribution in [3.05, 3.63) is 94.5 Å². The van der Waals surface area contributed by atoms with Crippen molar-refractivity contribution in [2.75, 3.05) is 48.3 Å². The fourth-order valence-electron chi connectivity index (χ4n) is 7.10. The van der Waals surface area contributed by atoms with E-state index in [0.717, 1.165) is 22.3 Å². The third kappa shape index (κ3) is 7.59. The molecule has 1 fully saturated rings. The van der Waals surface area contributed by atoms with Gasteiger partial charge in [0.05, 0.1) is 60.1 Å². The Kier molecular flexibility index (Phi) is 11.4.